The molecule has 0 aromatic carbocycles. The average molecular weight is 244 g/mol. The molecule has 0 aromatic rings. The van der Waals surface area contributed by atoms with Crippen molar-refractivity contribution in [1.82, 2.24) is 0 Å². The molecule has 2 aliphatic heterocycles. The molecule has 0 amide bonds. The molecule has 17 heavy (non-hydrogen) atoms. The summed E-state index contributed by atoms with van der Waals surface area (Å²) in [5.41, 5.74) is 0. The Kier molecular flexibility index (Phi) is 4.01. The molecule has 2 fully saturated rings. The summed E-state index contributed by atoms with van der Waals surface area (Å²) in [6.07, 6.45) is 3.23. The molecule has 2 heterocycles. The summed E-state index contributed by atoms with van der Waals surface area (Å²) >= 11 is 0. The molecule has 2 aliphatic rings. The van der Waals surface area contributed by atoms with E-state index in [9.17, 15) is 4.79 Å². The molecule has 98 valence electrons. The molecule has 5 nitrogen and oxygen atoms in total. The second-order valence-corrected chi connectivity index (χ2v) is 4.62. The smallest absolute Gasteiger partial charge is 0.302 e. The predicted molar refractivity (Wildman–Crippen MR) is 59.5 cm³/mol. The third kappa shape index (κ3) is 2.78. The fourth-order valence-electron chi connectivity index (χ4n) is 2.56. The standard InChI is InChI=1S/C12H20O5/c1-9(13)17-10-7-11(14-2)12(16-8-10)5-3-4-6-15-12/h10-11H,3-8H2,1-2H3/t10-,11+,12+/m1/s1. The van der Waals surface area contributed by atoms with E-state index in [2.05, 4.69) is 0 Å². The minimum Gasteiger partial charge on any atom is -0.460 e. The van der Waals surface area contributed by atoms with Gasteiger partial charge in [-0.25, -0.2) is 0 Å². The van der Waals surface area contributed by atoms with Crippen LogP contribution in [0.15, 0.2) is 0 Å². The lowest BCUT2D eigenvalue weighted by Crippen LogP contribution is -2.56. The molecular formula is C12H20O5. The van der Waals surface area contributed by atoms with Gasteiger partial charge in [0.1, 0.15) is 12.2 Å². The molecular weight excluding hydrogens is 224 g/mol. The zero-order valence-corrected chi connectivity index (χ0v) is 10.4. The van der Waals surface area contributed by atoms with Gasteiger partial charge in [0.2, 0.25) is 0 Å². The Balaban J connectivity index is 1.99. The first-order chi connectivity index (χ1) is 8.16. The molecule has 0 unspecified atom stereocenters. The van der Waals surface area contributed by atoms with Crippen molar-refractivity contribution < 1.29 is 23.7 Å². The van der Waals surface area contributed by atoms with Crippen LogP contribution in [0, 0.1) is 0 Å². The Hall–Kier alpha value is -0.650. The minimum absolute atomic E-state index is 0.166. The van der Waals surface area contributed by atoms with Gasteiger partial charge in [-0.05, 0) is 12.8 Å². The van der Waals surface area contributed by atoms with E-state index in [4.69, 9.17) is 18.9 Å². The van der Waals surface area contributed by atoms with Crippen LogP contribution in [0.25, 0.3) is 0 Å². The zero-order valence-electron chi connectivity index (χ0n) is 10.4. The number of rotatable bonds is 2. The molecule has 2 saturated heterocycles. The summed E-state index contributed by atoms with van der Waals surface area (Å²) < 4.78 is 22.2. The van der Waals surface area contributed by atoms with Gasteiger partial charge in [-0.2, -0.15) is 0 Å². The fourth-order valence-corrected chi connectivity index (χ4v) is 2.56. The van der Waals surface area contributed by atoms with Crippen molar-refractivity contribution in [3.05, 3.63) is 0 Å². The van der Waals surface area contributed by atoms with Crippen LogP contribution in [-0.4, -0.2) is 44.3 Å². The second kappa shape index (κ2) is 5.33. The highest BCUT2D eigenvalue weighted by Gasteiger charge is 2.48. The van der Waals surface area contributed by atoms with E-state index in [0.29, 0.717) is 19.6 Å². The van der Waals surface area contributed by atoms with Gasteiger partial charge >= 0.3 is 5.97 Å². The first kappa shape index (κ1) is 12.8. The molecule has 5 heteroatoms. The van der Waals surface area contributed by atoms with Crippen LogP contribution in [0.1, 0.15) is 32.6 Å². The summed E-state index contributed by atoms with van der Waals surface area (Å²) in [4.78, 5) is 10.9. The van der Waals surface area contributed by atoms with Gasteiger partial charge in [-0.15, -0.1) is 0 Å². The fraction of sp³-hybridized carbons (Fsp3) is 0.917. The van der Waals surface area contributed by atoms with E-state index < -0.39 is 5.79 Å². The predicted octanol–water partition coefficient (Wildman–Crippen LogP) is 1.25. The Labute approximate surface area is 101 Å². The first-order valence-electron chi connectivity index (χ1n) is 6.14. The number of hydrogen-bond acceptors (Lipinski definition) is 5. The Morgan fingerprint density at radius 1 is 1.35 bits per heavy atom. The quantitative estimate of drug-likeness (QED) is 0.684. The van der Waals surface area contributed by atoms with Gasteiger partial charge in [0.15, 0.2) is 5.79 Å². The maximum absolute atomic E-state index is 10.9. The van der Waals surface area contributed by atoms with Crippen molar-refractivity contribution in [1.29, 1.82) is 0 Å². The molecule has 0 saturated carbocycles. The topological polar surface area (TPSA) is 54.0 Å². The van der Waals surface area contributed by atoms with Gasteiger partial charge < -0.3 is 18.9 Å². The zero-order chi connectivity index (χ0) is 12.3. The van der Waals surface area contributed by atoms with Crippen LogP contribution in [-0.2, 0) is 23.7 Å². The second-order valence-electron chi connectivity index (χ2n) is 4.62. The average Bonchev–Trinajstić information content (AvgIpc) is 2.32. The number of carbonyl (C=O) groups is 1. The summed E-state index contributed by atoms with van der Waals surface area (Å²) in [6, 6.07) is 0. The molecule has 1 spiro atoms. The van der Waals surface area contributed by atoms with E-state index in [1.165, 1.54) is 6.92 Å². The lowest BCUT2D eigenvalue weighted by atomic mass is 9.93. The van der Waals surface area contributed by atoms with Crippen molar-refractivity contribution in [2.45, 2.75) is 50.6 Å². The highest BCUT2D eigenvalue weighted by molar-refractivity contribution is 5.66. The van der Waals surface area contributed by atoms with Crippen LogP contribution in [0.5, 0.6) is 0 Å². The third-order valence-electron chi connectivity index (χ3n) is 3.36. The van der Waals surface area contributed by atoms with Crippen molar-refractivity contribution in [3.63, 3.8) is 0 Å². The van der Waals surface area contributed by atoms with Gasteiger partial charge in [0.05, 0.1) is 13.2 Å². The molecule has 0 aliphatic carbocycles. The monoisotopic (exact) mass is 244 g/mol. The first-order valence-corrected chi connectivity index (χ1v) is 6.14. The maximum Gasteiger partial charge on any atom is 0.302 e. The van der Waals surface area contributed by atoms with E-state index in [1.54, 1.807) is 7.11 Å². The van der Waals surface area contributed by atoms with Crippen LogP contribution >= 0.6 is 0 Å². The number of methoxy groups -OCH3 is 1. The Morgan fingerprint density at radius 2 is 2.18 bits per heavy atom. The number of esters is 1. The summed E-state index contributed by atoms with van der Waals surface area (Å²) in [7, 11) is 1.64. The molecule has 0 radical (unpaired) electrons. The Morgan fingerprint density at radius 3 is 2.76 bits per heavy atom. The van der Waals surface area contributed by atoms with Crippen molar-refractivity contribution in [3.8, 4) is 0 Å². The van der Waals surface area contributed by atoms with E-state index >= 15 is 0 Å². The van der Waals surface area contributed by atoms with Crippen molar-refractivity contribution in [2.24, 2.45) is 0 Å². The Bertz CT molecular complexity index is 272. The van der Waals surface area contributed by atoms with Crippen molar-refractivity contribution in [2.75, 3.05) is 20.3 Å². The normalized spacial score (nSPS) is 38.0. The number of ether oxygens (including phenoxy) is 4. The number of carbonyl (C=O) groups excluding carboxylic acids is 1. The molecule has 2 rings (SSSR count). The largest absolute Gasteiger partial charge is 0.460 e. The molecule has 3 atom stereocenters. The third-order valence-corrected chi connectivity index (χ3v) is 3.36. The van der Waals surface area contributed by atoms with E-state index in [0.717, 1.165) is 19.3 Å². The molecule has 0 N–H and O–H groups in total. The minimum atomic E-state index is -0.621. The summed E-state index contributed by atoms with van der Waals surface area (Å²) in [5.74, 6) is -0.905. The molecule has 0 aromatic heterocycles. The lowest BCUT2D eigenvalue weighted by Gasteiger charge is -2.46. The lowest BCUT2D eigenvalue weighted by molar-refractivity contribution is -0.332. The van der Waals surface area contributed by atoms with Gasteiger partial charge in [-0.3, -0.25) is 4.79 Å². The van der Waals surface area contributed by atoms with Crippen LogP contribution in [0.4, 0.5) is 0 Å². The van der Waals surface area contributed by atoms with E-state index in [-0.39, 0.29) is 18.2 Å². The van der Waals surface area contributed by atoms with Gasteiger partial charge in [-0.1, -0.05) is 0 Å². The SMILES string of the molecule is CO[C@H]1C[C@@H](OC(C)=O)CO[C@@]12CCCCO2. The highest BCUT2D eigenvalue weighted by atomic mass is 16.7. The summed E-state index contributed by atoms with van der Waals surface area (Å²) in [5, 5.41) is 0. The maximum atomic E-state index is 10.9. The van der Waals surface area contributed by atoms with Crippen LogP contribution in [0.2, 0.25) is 0 Å². The highest BCUT2D eigenvalue weighted by Crippen LogP contribution is 2.37. The van der Waals surface area contributed by atoms with E-state index in [1.807, 2.05) is 0 Å². The molecule has 0 bridgehead atoms. The van der Waals surface area contributed by atoms with Crippen LogP contribution < -0.4 is 0 Å². The van der Waals surface area contributed by atoms with Gasteiger partial charge in [0.25, 0.3) is 0 Å². The number of hydrogen-bond donors (Lipinski definition) is 0. The van der Waals surface area contributed by atoms with Crippen LogP contribution in [0.3, 0.4) is 0 Å². The van der Waals surface area contributed by atoms with Gasteiger partial charge in [0, 0.05) is 26.9 Å². The summed E-state index contributed by atoms with van der Waals surface area (Å²) in [6.45, 7) is 2.50. The van der Waals surface area contributed by atoms with Crippen molar-refractivity contribution >= 4 is 5.97 Å².